The van der Waals surface area contributed by atoms with Crippen LogP contribution in [-0.4, -0.2) is 45.1 Å². The van der Waals surface area contributed by atoms with E-state index >= 15 is 0 Å². The Balaban J connectivity index is 1.66. The second-order valence-corrected chi connectivity index (χ2v) is 7.46. The summed E-state index contributed by atoms with van der Waals surface area (Å²) >= 11 is 0. The normalized spacial score (nSPS) is 11.8. The van der Waals surface area contributed by atoms with Crippen LogP contribution in [0.25, 0.3) is 27.7 Å². The predicted octanol–water partition coefficient (Wildman–Crippen LogP) is 5.02. The zero-order valence-electron chi connectivity index (χ0n) is 18.6. The van der Waals surface area contributed by atoms with E-state index in [2.05, 4.69) is 59.8 Å². The highest BCUT2D eigenvalue weighted by molar-refractivity contribution is 6.11. The summed E-state index contributed by atoms with van der Waals surface area (Å²) in [6.45, 7) is 10.1. The summed E-state index contributed by atoms with van der Waals surface area (Å²) < 4.78 is 0. The molecule has 4 aromatic heterocycles. The van der Waals surface area contributed by atoms with Gasteiger partial charge in [0.05, 0.1) is 29.8 Å². The number of hydrogen-bond acceptors (Lipinski definition) is 7. The number of aromatic nitrogens is 5. The molecule has 0 radical (unpaired) electrons. The van der Waals surface area contributed by atoms with Gasteiger partial charge >= 0.3 is 0 Å². The number of allylic oxidation sites excluding steroid dienone is 3. The molecule has 0 aliphatic carbocycles. The van der Waals surface area contributed by atoms with E-state index in [1.54, 1.807) is 44.2 Å². The Hall–Kier alpha value is -4.46. The van der Waals surface area contributed by atoms with Crippen LogP contribution in [0.5, 0.6) is 0 Å². The molecule has 0 saturated carbocycles. The van der Waals surface area contributed by atoms with Gasteiger partial charge in [0.1, 0.15) is 0 Å². The second-order valence-electron chi connectivity index (χ2n) is 7.46. The van der Waals surface area contributed by atoms with Gasteiger partial charge in [0.15, 0.2) is 5.65 Å². The molecule has 4 rings (SSSR count). The van der Waals surface area contributed by atoms with Crippen molar-refractivity contribution >= 4 is 40.9 Å². The van der Waals surface area contributed by atoms with Crippen molar-refractivity contribution in [1.29, 1.82) is 0 Å². The lowest BCUT2D eigenvalue weighted by molar-refractivity contribution is 0.989. The van der Waals surface area contributed by atoms with Gasteiger partial charge in [-0.25, -0.2) is 4.98 Å². The number of rotatable bonds is 8. The van der Waals surface area contributed by atoms with Gasteiger partial charge in [-0.3, -0.25) is 25.1 Å². The molecule has 0 unspecified atom stereocenters. The lowest BCUT2D eigenvalue weighted by Crippen LogP contribution is -2.02. The third-order valence-corrected chi connectivity index (χ3v) is 4.99. The Morgan fingerprint density at radius 1 is 1.21 bits per heavy atom. The van der Waals surface area contributed by atoms with Crippen LogP contribution in [0.15, 0.2) is 77.4 Å². The number of aliphatic imine (C=N–C) groups is 2. The Labute approximate surface area is 192 Å². The number of pyridine rings is 3. The molecule has 4 aromatic rings. The van der Waals surface area contributed by atoms with Crippen LogP contribution < -0.4 is 5.32 Å². The third-order valence-electron chi connectivity index (χ3n) is 4.99. The predicted molar refractivity (Wildman–Crippen MR) is 135 cm³/mol. The van der Waals surface area contributed by atoms with E-state index in [1.807, 2.05) is 25.1 Å². The maximum Gasteiger partial charge on any atom is 0.155 e. The molecule has 0 spiro atoms. The molecule has 0 bridgehead atoms. The highest BCUT2D eigenvalue weighted by Crippen LogP contribution is 2.35. The van der Waals surface area contributed by atoms with E-state index in [1.165, 1.54) is 0 Å². The van der Waals surface area contributed by atoms with E-state index < -0.39 is 0 Å². The molecule has 33 heavy (non-hydrogen) atoms. The summed E-state index contributed by atoms with van der Waals surface area (Å²) in [5.41, 5.74) is 7.59. The molecule has 0 aliphatic heterocycles. The highest BCUT2D eigenvalue weighted by atomic mass is 15.2. The quantitative estimate of drug-likeness (QED) is 0.298. The van der Waals surface area contributed by atoms with E-state index in [0.29, 0.717) is 17.9 Å². The largest absolute Gasteiger partial charge is 0.376 e. The molecule has 0 fully saturated rings. The molecule has 0 aliphatic rings. The topological polar surface area (TPSA) is 104 Å². The van der Waals surface area contributed by atoms with Gasteiger partial charge in [-0.15, -0.1) is 0 Å². The number of fused-ring (bicyclic) bond motifs is 1. The molecule has 164 valence electrons. The van der Waals surface area contributed by atoms with Crippen molar-refractivity contribution in [2.45, 2.75) is 13.5 Å². The molecule has 8 heteroatoms. The second kappa shape index (κ2) is 9.78. The molecule has 0 atom stereocenters. The van der Waals surface area contributed by atoms with Gasteiger partial charge in [0.25, 0.3) is 0 Å². The van der Waals surface area contributed by atoms with E-state index in [4.69, 9.17) is 0 Å². The number of anilines is 1. The summed E-state index contributed by atoms with van der Waals surface area (Å²) in [5, 5.41) is 11.8. The van der Waals surface area contributed by atoms with Crippen molar-refractivity contribution in [1.82, 2.24) is 25.1 Å². The molecular formula is C25H24N8. The van der Waals surface area contributed by atoms with Crippen LogP contribution in [0.3, 0.4) is 0 Å². The molecular weight excluding hydrogens is 412 g/mol. The van der Waals surface area contributed by atoms with Crippen LogP contribution in [0.2, 0.25) is 0 Å². The SMILES string of the molecule is C=Nc1c(NCc2n[nH]c3ncc(C(/C=N\C)=C/C(=C)C)cc23)cncc1-c1cccnc1. The molecule has 0 saturated heterocycles. The van der Waals surface area contributed by atoms with Gasteiger partial charge in [-0.05, 0) is 25.8 Å². The third kappa shape index (κ3) is 4.74. The summed E-state index contributed by atoms with van der Waals surface area (Å²) in [6.07, 6.45) is 12.6. The van der Waals surface area contributed by atoms with E-state index in [9.17, 15) is 0 Å². The summed E-state index contributed by atoms with van der Waals surface area (Å²) in [7, 11) is 1.74. The molecule has 4 heterocycles. The van der Waals surface area contributed by atoms with Gasteiger partial charge in [-0.2, -0.15) is 5.10 Å². The van der Waals surface area contributed by atoms with Crippen molar-refractivity contribution in [2.24, 2.45) is 9.98 Å². The number of aromatic amines is 1. The lowest BCUT2D eigenvalue weighted by Gasteiger charge is -2.12. The number of nitrogens with one attached hydrogen (secondary N) is 2. The average Bonchev–Trinajstić information content (AvgIpc) is 3.24. The average molecular weight is 437 g/mol. The number of hydrogen-bond donors (Lipinski definition) is 2. The maximum absolute atomic E-state index is 4.53. The number of H-pyrrole nitrogens is 1. The Morgan fingerprint density at radius 3 is 2.82 bits per heavy atom. The van der Waals surface area contributed by atoms with Crippen LogP contribution in [0.4, 0.5) is 11.4 Å². The van der Waals surface area contributed by atoms with Crippen LogP contribution in [-0.2, 0) is 6.54 Å². The molecule has 8 nitrogen and oxygen atoms in total. The minimum Gasteiger partial charge on any atom is -0.376 e. The smallest absolute Gasteiger partial charge is 0.155 e. The zero-order valence-corrected chi connectivity index (χ0v) is 18.6. The van der Waals surface area contributed by atoms with Crippen molar-refractivity contribution < 1.29 is 0 Å². The van der Waals surface area contributed by atoms with Gasteiger partial charge in [-0.1, -0.05) is 24.3 Å². The van der Waals surface area contributed by atoms with Gasteiger partial charge < -0.3 is 5.32 Å². The highest BCUT2D eigenvalue weighted by Gasteiger charge is 2.13. The van der Waals surface area contributed by atoms with Crippen molar-refractivity contribution in [3.63, 3.8) is 0 Å². The molecule has 0 aromatic carbocycles. The van der Waals surface area contributed by atoms with Crippen LogP contribution >= 0.6 is 0 Å². The Morgan fingerprint density at radius 2 is 2.09 bits per heavy atom. The fraction of sp³-hybridized carbons (Fsp3) is 0.120. The molecule has 0 amide bonds. The van der Waals surface area contributed by atoms with Crippen molar-refractivity contribution in [3.05, 3.63) is 78.7 Å². The minimum absolute atomic E-state index is 0.452. The van der Waals surface area contributed by atoms with Gasteiger partial charge in [0.2, 0.25) is 0 Å². The van der Waals surface area contributed by atoms with Gasteiger partial charge in [0, 0.05) is 65.7 Å². The summed E-state index contributed by atoms with van der Waals surface area (Å²) in [5.74, 6) is 0. The first-order valence-corrected chi connectivity index (χ1v) is 10.3. The first-order valence-electron chi connectivity index (χ1n) is 10.3. The lowest BCUT2D eigenvalue weighted by atomic mass is 10.0. The van der Waals surface area contributed by atoms with E-state index in [-0.39, 0.29) is 0 Å². The summed E-state index contributed by atoms with van der Waals surface area (Å²) in [6, 6.07) is 5.89. The molecule has 2 N–H and O–H groups in total. The van der Waals surface area contributed by atoms with Crippen LogP contribution in [0, 0.1) is 0 Å². The van der Waals surface area contributed by atoms with Crippen molar-refractivity contribution in [2.75, 3.05) is 12.4 Å². The minimum atomic E-state index is 0.452. The first-order chi connectivity index (χ1) is 16.1. The Kier molecular flexibility index (Phi) is 6.45. The fourth-order valence-electron chi connectivity index (χ4n) is 3.51. The fourth-order valence-corrected chi connectivity index (χ4v) is 3.51. The summed E-state index contributed by atoms with van der Waals surface area (Å²) in [4.78, 5) is 21.5. The van der Waals surface area contributed by atoms with E-state index in [0.717, 1.165) is 44.6 Å². The maximum atomic E-state index is 4.53. The standard InChI is InChI=1S/C25H24N8/c1-16(2)8-18(10-26-3)19-9-20-22(32-33-25(20)31-12-19)15-30-23-14-29-13-21(24(23)27-4)17-6-5-7-28-11-17/h5-14,30H,1,4,15H2,2-3H3,(H,31,32,33)/b18-8+,26-10-. The zero-order chi connectivity index (χ0) is 23.2. The first kappa shape index (κ1) is 21.8. The van der Waals surface area contributed by atoms with Crippen LogP contribution in [0.1, 0.15) is 18.2 Å². The Bertz CT molecular complexity index is 1370. The number of nitrogens with zero attached hydrogens (tertiary/aromatic N) is 6. The monoisotopic (exact) mass is 436 g/mol. The van der Waals surface area contributed by atoms with Crippen molar-refractivity contribution in [3.8, 4) is 11.1 Å².